The Bertz CT molecular complexity index is 435. The van der Waals surface area contributed by atoms with Crippen LogP contribution in [0.2, 0.25) is 0 Å². The molecular formula is C14H24N4O. The highest BCUT2D eigenvalue weighted by molar-refractivity contribution is 5.28. The van der Waals surface area contributed by atoms with Crippen molar-refractivity contribution in [3.05, 3.63) is 17.5 Å². The molecule has 0 aliphatic carbocycles. The molecule has 0 amide bonds. The van der Waals surface area contributed by atoms with E-state index in [4.69, 9.17) is 10.5 Å². The van der Waals surface area contributed by atoms with E-state index in [1.54, 1.807) is 7.11 Å². The molecule has 1 aromatic rings. The van der Waals surface area contributed by atoms with Gasteiger partial charge in [0.05, 0.1) is 12.8 Å². The van der Waals surface area contributed by atoms with Gasteiger partial charge in [0, 0.05) is 24.7 Å². The number of hydrogen-bond donors (Lipinski definition) is 1. The molecule has 0 radical (unpaired) electrons. The molecule has 0 spiro atoms. The van der Waals surface area contributed by atoms with Crippen LogP contribution in [0.3, 0.4) is 0 Å². The number of piperidine rings is 1. The van der Waals surface area contributed by atoms with E-state index in [9.17, 15) is 0 Å². The predicted octanol–water partition coefficient (Wildman–Crippen LogP) is 1.35. The van der Waals surface area contributed by atoms with Crippen LogP contribution in [-0.2, 0) is 0 Å². The van der Waals surface area contributed by atoms with Crippen LogP contribution in [0.15, 0.2) is 6.20 Å². The van der Waals surface area contributed by atoms with Crippen molar-refractivity contribution < 1.29 is 4.74 Å². The predicted molar refractivity (Wildman–Crippen MR) is 75.5 cm³/mol. The number of rotatable bonds is 3. The molecule has 1 aliphatic rings. The lowest BCUT2D eigenvalue weighted by Crippen LogP contribution is -2.46. The summed E-state index contributed by atoms with van der Waals surface area (Å²) in [4.78, 5) is 11.1. The van der Waals surface area contributed by atoms with Gasteiger partial charge in [-0.1, -0.05) is 13.8 Å². The molecule has 1 fully saturated rings. The van der Waals surface area contributed by atoms with Gasteiger partial charge in [-0.05, 0) is 31.5 Å². The van der Waals surface area contributed by atoms with Gasteiger partial charge in [-0.3, -0.25) is 0 Å². The zero-order valence-corrected chi connectivity index (χ0v) is 12.3. The first kappa shape index (κ1) is 14.2. The molecule has 1 aliphatic heterocycles. The maximum Gasteiger partial charge on any atom is 0.316 e. The van der Waals surface area contributed by atoms with Gasteiger partial charge in [0.1, 0.15) is 0 Å². The number of methoxy groups -OCH3 is 1. The van der Waals surface area contributed by atoms with Gasteiger partial charge in [0.25, 0.3) is 0 Å². The average molecular weight is 264 g/mol. The van der Waals surface area contributed by atoms with Crippen molar-refractivity contribution in [2.75, 3.05) is 27.2 Å². The fourth-order valence-corrected chi connectivity index (χ4v) is 2.77. The van der Waals surface area contributed by atoms with Crippen molar-refractivity contribution in [1.29, 1.82) is 0 Å². The fraction of sp³-hybridized carbons (Fsp3) is 0.714. The van der Waals surface area contributed by atoms with Crippen LogP contribution >= 0.6 is 0 Å². The van der Waals surface area contributed by atoms with Crippen LogP contribution in [0.25, 0.3) is 0 Å². The standard InChI is InChI=1S/C14H24N4O/c1-9(2)13-11(7-16-14(17-13)19-4)10-5-6-18(3)8-12(10)15/h7,9-10,12H,5-6,8,15H2,1-4H3. The quantitative estimate of drug-likeness (QED) is 0.893. The van der Waals surface area contributed by atoms with E-state index in [2.05, 4.69) is 35.8 Å². The summed E-state index contributed by atoms with van der Waals surface area (Å²) < 4.78 is 5.13. The first-order valence-electron chi connectivity index (χ1n) is 6.87. The molecule has 2 rings (SSSR count). The van der Waals surface area contributed by atoms with E-state index in [1.807, 2.05) is 6.20 Å². The molecule has 0 bridgehead atoms. The SMILES string of the molecule is COc1ncc(C2CCN(C)CC2N)c(C(C)C)n1. The van der Waals surface area contributed by atoms with Crippen molar-refractivity contribution >= 4 is 0 Å². The van der Waals surface area contributed by atoms with Crippen LogP contribution in [0.1, 0.15) is 43.4 Å². The minimum atomic E-state index is 0.147. The molecule has 2 atom stereocenters. The molecule has 1 saturated heterocycles. The summed E-state index contributed by atoms with van der Waals surface area (Å²) in [5.41, 5.74) is 8.57. The van der Waals surface area contributed by atoms with Gasteiger partial charge in [-0.2, -0.15) is 4.98 Å². The lowest BCUT2D eigenvalue weighted by atomic mass is 9.84. The van der Waals surface area contributed by atoms with Crippen molar-refractivity contribution in [3.63, 3.8) is 0 Å². The molecule has 2 N–H and O–H groups in total. The Labute approximate surface area is 115 Å². The number of likely N-dealkylation sites (tertiary alicyclic amines) is 1. The third-order valence-electron chi connectivity index (χ3n) is 3.82. The second-order valence-electron chi connectivity index (χ2n) is 5.67. The molecular weight excluding hydrogens is 240 g/mol. The molecule has 0 aromatic carbocycles. The highest BCUT2D eigenvalue weighted by Crippen LogP contribution is 2.32. The number of ether oxygens (including phenoxy) is 1. The molecule has 2 unspecified atom stereocenters. The van der Waals surface area contributed by atoms with Crippen molar-refractivity contribution in [2.45, 2.75) is 38.1 Å². The maximum absolute atomic E-state index is 6.31. The Kier molecular flexibility index (Phi) is 4.37. The van der Waals surface area contributed by atoms with Crippen molar-refractivity contribution in [2.24, 2.45) is 5.73 Å². The van der Waals surface area contributed by atoms with Gasteiger partial charge < -0.3 is 15.4 Å². The summed E-state index contributed by atoms with van der Waals surface area (Å²) in [6, 6.07) is 0.585. The minimum absolute atomic E-state index is 0.147. The van der Waals surface area contributed by atoms with Crippen molar-refractivity contribution in [3.8, 4) is 6.01 Å². The van der Waals surface area contributed by atoms with Gasteiger partial charge in [0.2, 0.25) is 0 Å². The zero-order chi connectivity index (χ0) is 14.0. The fourth-order valence-electron chi connectivity index (χ4n) is 2.77. The summed E-state index contributed by atoms with van der Waals surface area (Å²) in [7, 11) is 3.71. The van der Waals surface area contributed by atoms with Gasteiger partial charge in [0.15, 0.2) is 0 Å². The summed E-state index contributed by atoms with van der Waals surface area (Å²) >= 11 is 0. The normalized spacial score (nSPS) is 24.7. The lowest BCUT2D eigenvalue weighted by molar-refractivity contribution is 0.227. The van der Waals surface area contributed by atoms with E-state index in [0.717, 1.165) is 25.2 Å². The maximum atomic E-state index is 6.31. The van der Waals surface area contributed by atoms with E-state index < -0.39 is 0 Å². The Balaban J connectivity index is 2.33. The van der Waals surface area contributed by atoms with Gasteiger partial charge >= 0.3 is 6.01 Å². The van der Waals surface area contributed by atoms with E-state index in [-0.39, 0.29) is 6.04 Å². The molecule has 2 heterocycles. The summed E-state index contributed by atoms with van der Waals surface area (Å²) in [5, 5.41) is 0. The second kappa shape index (κ2) is 5.84. The summed E-state index contributed by atoms with van der Waals surface area (Å²) in [5.74, 6) is 0.693. The molecule has 5 nitrogen and oxygen atoms in total. The number of nitrogens with zero attached hydrogens (tertiary/aromatic N) is 3. The van der Waals surface area contributed by atoms with Crippen molar-refractivity contribution in [1.82, 2.24) is 14.9 Å². The zero-order valence-electron chi connectivity index (χ0n) is 12.3. The Morgan fingerprint density at radius 1 is 1.47 bits per heavy atom. The minimum Gasteiger partial charge on any atom is -0.467 e. The first-order valence-corrected chi connectivity index (χ1v) is 6.87. The Morgan fingerprint density at radius 2 is 2.21 bits per heavy atom. The lowest BCUT2D eigenvalue weighted by Gasteiger charge is -2.35. The highest BCUT2D eigenvalue weighted by Gasteiger charge is 2.29. The van der Waals surface area contributed by atoms with Gasteiger partial charge in [-0.15, -0.1) is 0 Å². The third-order valence-corrected chi connectivity index (χ3v) is 3.82. The van der Waals surface area contributed by atoms with Crippen LogP contribution < -0.4 is 10.5 Å². The monoisotopic (exact) mass is 264 g/mol. The number of hydrogen-bond acceptors (Lipinski definition) is 5. The Hall–Kier alpha value is -1.20. The largest absolute Gasteiger partial charge is 0.467 e. The van der Waals surface area contributed by atoms with E-state index >= 15 is 0 Å². The molecule has 5 heteroatoms. The second-order valence-corrected chi connectivity index (χ2v) is 5.67. The number of aromatic nitrogens is 2. The first-order chi connectivity index (χ1) is 9.02. The smallest absolute Gasteiger partial charge is 0.316 e. The molecule has 0 saturated carbocycles. The van der Waals surface area contributed by atoms with Crippen LogP contribution in [0.5, 0.6) is 6.01 Å². The highest BCUT2D eigenvalue weighted by atomic mass is 16.5. The van der Waals surface area contributed by atoms with Crippen LogP contribution in [0.4, 0.5) is 0 Å². The van der Waals surface area contributed by atoms with Gasteiger partial charge in [-0.25, -0.2) is 4.98 Å². The topological polar surface area (TPSA) is 64.3 Å². The van der Waals surface area contributed by atoms with E-state index in [1.165, 1.54) is 5.56 Å². The average Bonchev–Trinajstić information content (AvgIpc) is 2.38. The van der Waals surface area contributed by atoms with E-state index in [0.29, 0.717) is 17.8 Å². The Morgan fingerprint density at radius 3 is 2.79 bits per heavy atom. The molecule has 1 aromatic heterocycles. The summed E-state index contributed by atoms with van der Waals surface area (Å²) in [6.07, 6.45) is 2.96. The summed E-state index contributed by atoms with van der Waals surface area (Å²) in [6.45, 7) is 6.29. The number of nitrogens with two attached hydrogens (primary N) is 1. The molecule has 19 heavy (non-hydrogen) atoms. The molecule has 106 valence electrons. The van der Waals surface area contributed by atoms with Crippen LogP contribution in [0, 0.1) is 0 Å². The number of likely N-dealkylation sites (N-methyl/N-ethyl adjacent to an activating group) is 1. The third kappa shape index (κ3) is 3.04. The van der Waals surface area contributed by atoms with Crippen LogP contribution in [-0.4, -0.2) is 48.2 Å².